The summed E-state index contributed by atoms with van der Waals surface area (Å²) in [5, 5.41) is 4.43. The zero-order valence-electron chi connectivity index (χ0n) is 16.1. The zero-order valence-corrected chi connectivity index (χ0v) is 17.8. The minimum absolute atomic E-state index is 0.153. The van der Waals surface area contributed by atoms with Crippen LogP contribution in [0.4, 0.5) is 5.69 Å². The van der Waals surface area contributed by atoms with Crippen LogP contribution in [0, 0.1) is 6.92 Å². The minimum atomic E-state index is -3.73. The molecule has 150 valence electrons. The number of ether oxygens (including phenoxy) is 1. The first kappa shape index (κ1) is 19.7. The summed E-state index contributed by atoms with van der Waals surface area (Å²) in [6.07, 6.45) is 0.271. The van der Waals surface area contributed by atoms with Crippen molar-refractivity contribution in [1.29, 1.82) is 0 Å². The smallest absolute Gasteiger partial charge is 0.225 e. The number of nitrogens with one attached hydrogen (secondary N) is 1. The van der Waals surface area contributed by atoms with E-state index in [2.05, 4.69) is 5.32 Å². The van der Waals surface area contributed by atoms with E-state index >= 15 is 0 Å². The molecular weight excluding hydrogens is 406 g/mol. The van der Waals surface area contributed by atoms with Crippen molar-refractivity contribution in [3.8, 4) is 5.75 Å². The van der Waals surface area contributed by atoms with Gasteiger partial charge in [0, 0.05) is 22.6 Å². The first-order chi connectivity index (χ1) is 13.9. The number of anilines is 1. The van der Waals surface area contributed by atoms with Gasteiger partial charge in [0.2, 0.25) is 15.7 Å². The lowest BCUT2D eigenvalue weighted by Gasteiger charge is -2.24. The highest BCUT2D eigenvalue weighted by atomic mass is 32.2. The van der Waals surface area contributed by atoms with Gasteiger partial charge < -0.3 is 10.1 Å². The normalized spacial score (nSPS) is 16.2. The molecule has 2 aromatic carbocycles. The third-order valence-corrected chi connectivity index (χ3v) is 7.99. The molecule has 1 aromatic heterocycles. The standard InChI is InChI=1S/C22H21NO4S2/c1-3-27-16-6-4-5-15(11-16)18-12-20(24)23-21-19(13-28-22(18)21)29(25,26)17-9-7-14(2)8-10-17/h4-11,13,18H,3,12H2,1-2H3,(H,23,24). The highest BCUT2D eigenvalue weighted by molar-refractivity contribution is 7.91. The molecule has 0 bridgehead atoms. The number of sulfone groups is 1. The molecule has 4 rings (SSSR count). The minimum Gasteiger partial charge on any atom is -0.494 e. The monoisotopic (exact) mass is 427 g/mol. The summed E-state index contributed by atoms with van der Waals surface area (Å²) in [6, 6.07) is 14.4. The number of rotatable bonds is 5. The van der Waals surface area contributed by atoms with Crippen molar-refractivity contribution in [2.75, 3.05) is 11.9 Å². The summed E-state index contributed by atoms with van der Waals surface area (Å²) in [6.45, 7) is 4.38. The van der Waals surface area contributed by atoms with Gasteiger partial charge in [-0.15, -0.1) is 11.3 Å². The number of hydrogen-bond donors (Lipinski definition) is 1. The van der Waals surface area contributed by atoms with Gasteiger partial charge in [0.15, 0.2) is 0 Å². The molecule has 7 heteroatoms. The van der Waals surface area contributed by atoms with Crippen LogP contribution in [-0.2, 0) is 14.6 Å². The molecule has 5 nitrogen and oxygen atoms in total. The zero-order chi connectivity index (χ0) is 20.6. The molecule has 1 aliphatic heterocycles. The van der Waals surface area contributed by atoms with Crippen LogP contribution in [0.25, 0.3) is 0 Å². The quantitative estimate of drug-likeness (QED) is 0.637. The summed E-state index contributed by atoms with van der Waals surface area (Å²) in [5.41, 5.74) is 2.32. The number of thiophene rings is 1. The summed E-state index contributed by atoms with van der Waals surface area (Å²) in [7, 11) is -3.73. The van der Waals surface area contributed by atoms with E-state index < -0.39 is 9.84 Å². The molecule has 1 unspecified atom stereocenters. The van der Waals surface area contributed by atoms with Gasteiger partial charge in [0.25, 0.3) is 0 Å². The van der Waals surface area contributed by atoms with Crippen LogP contribution in [0.3, 0.4) is 0 Å². The van der Waals surface area contributed by atoms with Crippen LogP contribution < -0.4 is 10.1 Å². The molecule has 0 radical (unpaired) electrons. The predicted octanol–water partition coefficient (Wildman–Crippen LogP) is 4.76. The van der Waals surface area contributed by atoms with Crippen molar-refractivity contribution in [3.63, 3.8) is 0 Å². The van der Waals surface area contributed by atoms with Crippen LogP contribution in [0.2, 0.25) is 0 Å². The van der Waals surface area contributed by atoms with Crippen LogP contribution in [0.5, 0.6) is 5.75 Å². The summed E-state index contributed by atoms with van der Waals surface area (Å²) < 4.78 is 32.0. The maximum absolute atomic E-state index is 13.2. The lowest BCUT2D eigenvalue weighted by atomic mass is 9.90. The molecule has 1 amide bonds. The fourth-order valence-electron chi connectivity index (χ4n) is 3.50. The highest BCUT2D eigenvalue weighted by Crippen LogP contribution is 2.46. The van der Waals surface area contributed by atoms with Crippen molar-refractivity contribution < 1.29 is 17.9 Å². The molecular formula is C22H21NO4S2. The van der Waals surface area contributed by atoms with Gasteiger partial charge in [0.1, 0.15) is 10.6 Å². The van der Waals surface area contributed by atoms with Crippen molar-refractivity contribution in [2.45, 2.75) is 36.0 Å². The molecule has 2 heterocycles. The predicted molar refractivity (Wildman–Crippen MR) is 114 cm³/mol. The fourth-order valence-corrected chi connectivity index (χ4v) is 6.41. The first-order valence-electron chi connectivity index (χ1n) is 9.36. The van der Waals surface area contributed by atoms with Gasteiger partial charge in [0.05, 0.1) is 17.2 Å². The second-order valence-electron chi connectivity index (χ2n) is 6.97. The van der Waals surface area contributed by atoms with E-state index in [1.165, 1.54) is 11.3 Å². The van der Waals surface area contributed by atoms with Crippen LogP contribution in [-0.4, -0.2) is 20.9 Å². The van der Waals surface area contributed by atoms with Gasteiger partial charge >= 0.3 is 0 Å². The Bertz CT molecular complexity index is 1160. The van der Waals surface area contributed by atoms with Gasteiger partial charge in [-0.05, 0) is 43.7 Å². The van der Waals surface area contributed by atoms with Crippen molar-refractivity contribution in [1.82, 2.24) is 0 Å². The maximum Gasteiger partial charge on any atom is 0.225 e. The van der Waals surface area contributed by atoms with Crippen LogP contribution >= 0.6 is 11.3 Å². The van der Waals surface area contributed by atoms with E-state index in [-0.39, 0.29) is 28.0 Å². The number of carbonyl (C=O) groups excluding carboxylic acids is 1. The van der Waals surface area contributed by atoms with Gasteiger partial charge in [-0.25, -0.2) is 8.42 Å². The topological polar surface area (TPSA) is 72.5 Å². The maximum atomic E-state index is 13.2. The highest BCUT2D eigenvalue weighted by Gasteiger charge is 2.34. The Hall–Kier alpha value is -2.64. The number of fused-ring (bicyclic) bond motifs is 1. The van der Waals surface area contributed by atoms with Crippen molar-refractivity contribution in [2.24, 2.45) is 0 Å². The lowest BCUT2D eigenvalue weighted by Crippen LogP contribution is -2.23. The van der Waals surface area contributed by atoms with Crippen molar-refractivity contribution in [3.05, 3.63) is 69.9 Å². The molecule has 0 saturated carbocycles. The van der Waals surface area contributed by atoms with E-state index in [1.807, 2.05) is 38.1 Å². The molecule has 0 fully saturated rings. The van der Waals surface area contributed by atoms with Gasteiger partial charge in [-0.1, -0.05) is 29.8 Å². The number of amides is 1. The number of carbonyl (C=O) groups is 1. The van der Waals surface area contributed by atoms with Crippen LogP contribution in [0.1, 0.15) is 35.3 Å². The second-order valence-corrected chi connectivity index (χ2v) is 9.80. The van der Waals surface area contributed by atoms with E-state index in [9.17, 15) is 13.2 Å². The molecule has 3 aromatic rings. The van der Waals surface area contributed by atoms with Crippen molar-refractivity contribution >= 4 is 32.8 Å². The molecule has 1 aliphatic rings. The average molecular weight is 428 g/mol. The SMILES string of the molecule is CCOc1cccc(C2CC(=O)Nc3c(S(=O)(=O)c4ccc(C)cc4)csc32)c1. The largest absolute Gasteiger partial charge is 0.494 e. The molecule has 1 N–H and O–H groups in total. The Balaban J connectivity index is 1.79. The number of benzene rings is 2. The molecule has 0 aliphatic carbocycles. The Kier molecular flexibility index (Phi) is 5.19. The Morgan fingerprint density at radius 2 is 1.93 bits per heavy atom. The van der Waals surface area contributed by atoms with E-state index in [0.29, 0.717) is 12.3 Å². The average Bonchev–Trinajstić information content (AvgIpc) is 3.13. The van der Waals surface area contributed by atoms with E-state index in [4.69, 9.17) is 4.74 Å². The lowest BCUT2D eigenvalue weighted by molar-refractivity contribution is -0.116. The summed E-state index contributed by atoms with van der Waals surface area (Å²) in [5.74, 6) is 0.343. The third kappa shape index (κ3) is 3.68. The fraction of sp³-hybridized carbons (Fsp3) is 0.227. The van der Waals surface area contributed by atoms with Gasteiger partial charge in [-0.2, -0.15) is 0 Å². The Morgan fingerprint density at radius 1 is 1.17 bits per heavy atom. The Morgan fingerprint density at radius 3 is 2.66 bits per heavy atom. The molecule has 29 heavy (non-hydrogen) atoms. The number of aryl methyl sites for hydroxylation is 1. The molecule has 1 atom stereocenters. The molecule has 0 spiro atoms. The first-order valence-corrected chi connectivity index (χ1v) is 11.7. The summed E-state index contributed by atoms with van der Waals surface area (Å²) in [4.78, 5) is 13.7. The second kappa shape index (κ2) is 7.65. The van der Waals surface area contributed by atoms with Gasteiger partial charge in [-0.3, -0.25) is 4.79 Å². The summed E-state index contributed by atoms with van der Waals surface area (Å²) >= 11 is 1.37. The number of hydrogen-bond acceptors (Lipinski definition) is 5. The van der Waals surface area contributed by atoms with E-state index in [0.717, 1.165) is 21.8 Å². The van der Waals surface area contributed by atoms with E-state index in [1.54, 1.807) is 29.6 Å². The third-order valence-electron chi connectivity index (χ3n) is 4.95. The molecule has 0 saturated heterocycles. The Labute approximate surface area is 174 Å². The van der Waals surface area contributed by atoms with Crippen LogP contribution in [0.15, 0.2) is 63.7 Å².